The molecule has 2 fully saturated rings. The van der Waals surface area contributed by atoms with Crippen LogP contribution in [0.25, 0.3) is 10.9 Å². The number of nitrogens with one attached hydrogen (secondary N) is 1. The molecule has 3 N–H and O–H groups in total. The van der Waals surface area contributed by atoms with Crippen LogP contribution in [-0.4, -0.2) is 17.6 Å². The molecule has 0 aliphatic heterocycles. The zero-order valence-electron chi connectivity index (χ0n) is 12.8. The van der Waals surface area contributed by atoms with Crippen molar-refractivity contribution in [1.82, 2.24) is 4.98 Å². The predicted octanol–water partition coefficient (Wildman–Crippen LogP) is 3.36. The number of aromatic nitrogens is 1. The second kappa shape index (κ2) is 4.76. The Morgan fingerprint density at radius 3 is 2.81 bits per heavy atom. The molecule has 2 saturated carbocycles. The second-order valence-corrected chi connectivity index (χ2v) is 7.92. The van der Waals surface area contributed by atoms with E-state index in [1.807, 2.05) is 12.1 Å². The van der Waals surface area contributed by atoms with Gasteiger partial charge in [-0.05, 0) is 34.9 Å². The van der Waals surface area contributed by atoms with Crippen molar-refractivity contribution < 1.29 is 5.32 Å². The van der Waals surface area contributed by atoms with Crippen molar-refractivity contribution in [2.75, 3.05) is 6.54 Å². The summed E-state index contributed by atoms with van der Waals surface area (Å²) in [5, 5.41) is 4.65. The lowest BCUT2D eigenvalue weighted by molar-refractivity contribution is -0.689. The molecule has 0 bridgehead atoms. The first-order valence-electron chi connectivity index (χ1n) is 8.15. The van der Waals surface area contributed by atoms with E-state index in [0.29, 0.717) is 5.41 Å². The molecule has 2 aliphatic rings. The van der Waals surface area contributed by atoms with Gasteiger partial charge < -0.3 is 10.3 Å². The number of hydrogen-bond donors (Lipinski definition) is 2. The lowest BCUT2D eigenvalue weighted by atomic mass is 9.98. The van der Waals surface area contributed by atoms with Crippen molar-refractivity contribution in [2.24, 2.45) is 17.3 Å². The fraction of sp³-hybridized carbons (Fsp3) is 0.556. The minimum atomic E-state index is 0.648. The molecule has 4 rings (SSSR count). The average molecular weight is 304 g/mol. The number of hydrogen-bond acceptors (Lipinski definition) is 0. The standard InChI is InChI=1S/C18H23ClN2/c1-18(2)13-8-12(9-14(13)18)20-7-6-11-10-21-16-5-3-4-15(19)17(11)16/h3-5,10,12-14,20-21H,6-9H2,1-2H3/p+1. The Morgan fingerprint density at radius 2 is 2.05 bits per heavy atom. The summed E-state index contributed by atoms with van der Waals surface area (Å²) < 4.78 is 0. The van der Waals surface area contributed by atoms with Gasteiger partial charge in [-0.15, -0.1) is 0 Å². The third-order valence-electron chi connectivity index (χ3n) is 6.05. The number of quaternary nitrogens is 1. The second-order valence-electron chi connectivity index (χ2n) is 7.52. The van der Waals surface area contributed by atoms with Crippen LogP contribution in [0.2, 0.25) is 5.02 Å². The molecule has 1 heterocycles. The maximum absolute atomic E-state index is 6.34. The van der Waals surface area contributed by atoms with E-state index in [1.165, 1.54) is 30.3 Å². The third-order valence-corrected chi connectivity index (χ3v) is 6.37. The molecule has 21 heavy (non-hydrogen) atoms. The summed E-state index contributed by atoms with van der Waals surface area (Å²) in [6.07, 6.45) is 6.07. The van der Waals surface area contributed by atoms with E-state index in [2.05, 4.69) is 36.4 Å². The molecule has 1 aromatic heterocycles. The fourth-order valence-corrected chi connectivity index (χ4v) is 4.91. The summed E-state index contributed by atoms with van der Waals surface area (Å²) >= 11 is 6.34. The highest BCUT2D eigenvalue weighted by molar-refractivity contribution is 6.35. The number of rotatable bonds is 4. The quantitative estimate of drug-likeness (QED) is 0.868. The molecule has 0 saturated heterocycles. The molecular weight excluding hydrogens is 280 g/mol. The van der Waals surface area contributed by atoms with Crippen molar-refractivity contribution in [3.05, 3.63) is 35.0 Å². The maximum atomic E-state index is 6.34. The highest BCUT2D eigenvalue weighted by atomic mass is 35.5. The van der Waals surface area contributed by atoms with Crippen molar-refractivity contribution in [2.45, 2.75) is 39.2 Å². The zero-order valence-corrected chi connectivity index (χ0v) is 13.6. The Labute approximate surface area is 131 Å². The minimum absolute atomic E-state index is 0.648. The van der Waals surface area contributed by atoms with E-state index in [4.69, 9.17) is 11.6 Å². The summed E-state index contributed by atoms with van der Waals surface area (Å²) in [6, 6.07) is 6.94. The lowest BCUT2D eigenvalue weighted by Gasteiger charge is -2.15. The molecular formula is C18H24ClN2+. The van der Waals surface area contributed by atoms with Crippen LogP contribution >= 0.6 is 11.6 Å². The topological polar surface area (TPSA) is 32.4 Å². The number of fused-ring (bicyclic) bond motifs is 2. The largest absolute Gasteiger partial charge is 0.361 e. The van der Waals surface area contributed by atoms with Crippen LogP contribution < -0.4 is 5.32 Å². The number of halogens is 1. The predicted molar refractivity (Wildman–Crippen MR) is 87.6 cm³/mol. The highest BCUT2D eigenvalue weighted by Gasteiger charge is 2.62. The summed E-state index contributed by atoms with van der Waals surface area (Å²) in [5.41, 5.74) is 3.16. The van der Waals surface area contributed by atoms with Crippen LogP contribution in [0.5, 0.6) is 0 Å². The van der Waals surface area contributed by atoms with Crippen LogP contribution in [0.1, 0.15) is 32.3 Å². The zero-order chi connectivity index (χ0) is 14.6. The van der Waals surface area contributed by atoms with Gasteiger partial charge in [-0.25, -0.2) is 0 Å². The molecule has 0 amide bonds. The normalized spacial score (nSPS) is 29.8. The Bertz CT molecular complexity index is 659. The van der Waals surface area contributed by atoms with Gasteiger partial charge in [0.25, 0.3) is 0 Å². The van der Waals surface area contributed by atoms with Crippen LogP contribution in [0.15, 0.2) is 24.4 Å². The molecule has 2 aliphatic carbocycles. The number of nitrogens with two attached hydrogens (primary N) is 1. The Morgan fingerprint density at radius 1 is 1.29 bits per heavy atom. The number of aromatic amines is 1. The van der Waals surface area contributed by atoms with Gasteiger partial charge in [-0.1, -0.05) is 31.5 Å². The summed E-state index contributed by atoms with van der Waals surface area (Å²) in [4.78, 5) is 3.33. The molecule has 0 spiro atoms. The minimum Gasteiger partial charge on any atom is -0.361 e. The first kappa shape index (κ1) is 13.7. The maximum Gasteiger partial charge on any atom is 0.0865 e. The number of H-pyrrole nitrogens is 1. The van der Waals surface area contributed by atoms with Crippen molar-refractivity contribution in [1.29, 1.82) is 0 Å². The van der Waals surface area contributed by atoms with Crippen molar-refractivity contribution in [3.63, 3.8) is 0 Å². The van der Waals surface area contributed by atoms with E-state index in [9.17, 15) is 0 Å². The van der Waals surface area contributed by atoms with Gasteiger partial charge in [0.2, 0.25) is 0 Å². The lowest BCUT2D eigenvalue weighted by Crippen LogP contribution is -2.90. The van der Waals surface area contributed by atoms with Gasteiger partial charge in [-0.3, -0.25) is 0 Å². The van der Waals surface area contributed by atoms with Crippen molar-refractivity contribution in [3.8, 4) is 0 Å². The van der Waals surface area contributed by atoms with E-state index in [1.54, 1.807) is 0 Å². The Balaban J connectivity index is 1.35. The first-order chi connectivity index (χ1) is 10.1. The molecule has 2 aromatic rings. The van der Waals surface area contributed by atoms with Crippen LogP contribution in [0, 0.1) is 17.3 Å². The van der Waals surface area contributed by atoms with Gasteiger partial charge in [0.15, 0.2) is 0 Å². The molecule has 2 nitrogen and oxygen atoms in total. The highest BCUT2D eigenvalue weighted by Crippen LogP contribution is 2.66. The molecule has 0 radical (unpaired) electrons. The number of benzene rings is 1. The van der Waals surface area contributed by atoms with Gasteiger partial charge >= 0.3 is 0 Å². The third kappa shape index (κ3) is 2.20. The van der Waals surface area contributed by atoms with E-state index in [0.717, 1.165) is 34.8 Å². The SMILES string of the molecule is CC1(C)C2CC([NH2+]CCc3c[nH]c4cccc(Cl)c34)CC21. The van der Waals surface area contributed by atoms with Crippen LogP contribution in [-0.2, 0) is 6.42 Å². The first-order valence-corrected chi connectivity index (χ1v) is 8.53. The van der Waals surface area contributed by atoms with Gasteiger partial charge in [0.05, 0.1) is 17.6 Å². The van der Waals surface area contributed by atoms with Crippen LogP contribution in [0.4, 0.5) is 0 Å². The molecule has 2 unspecified atom stereocenters. The van der Waals surface area contributed by atoms with Gasteiger partial charge in [0, 0.05) is 36.4 Å². The molecule has 1 aromatic carbocycles. The molecule has 3 heteroatoms. The fourth-order valence-electron chi connectivity index (χ4n) is 4.61. The van der Waals surface area contributed by atoms with E-state index in [-0.39, 0.29) is 0 Å². The monoisotopic (exact) mass is 303 g/mol. The molecule has 112 valence electrons. The van der Waals surface area contributed by atoms with Gasteiger partial charge in [0.1, 0.15) is 0 Å². The van der Waals surface area contributed by atoms with Gasteiger partial charge in [-0.2, -0.15) is 0 Å². The smallest absolute Gasteiger partial charge is 0.0865 e. The summed E-state index contributed by atoms with van der Waals surface area (Å²) in [7, 11) is 0. The average Bonchev–Trinajstić information content (AvgIpc) is 2.87. The van der Waals surface area contributed by atoms with Crippen molar-refractivity contribution >= 4 is 22.5 Å². The Kier molecular flexibility index (Phi) is 3.09. The van der Waals surface area contributed by atoms with E-state index < -0.39 is 0 Å². The Hall–Kier alpha value is -0.990. The van der Waals surface area contributed by atoms with Crippen LogP contribution in [0.3, 0.4) is 0 Å². The summed E-state index contributed by atoms with van der Waals surface area (Å²) in [5.74, 6) is 2.00. The summed E-state index contributed by atoms with van der Waals surface area (Å²) in [6.45, 7) is 6.04. The molecule has 2 atom stereocenters. The van der Waals surface area contributed by atoms with E-state index >= 15 is 0 Å².